The van der Waals surface area contributed by atoms with E-state index in [1.807, 2.05) is 0 Å². The van der Waals surface area contributed by atoms with Crippen molar-refractivity contribution in [3.63, 3.8) is 0 Å². The summed E-state index contributed by atoms with van der Waals surface area (Å²) in [7, 11) is 0. The van der Waals surface area contributed by atoms with Gasteiger partial charge in [-0.3, -0.25) is 14.6 Å². The first-order valence-electron chi connectivity index (χ1n) is 8.86. The summed E-state index contributed by atoms with van der Waals surface area (Å²) in [6, 6.07) is 12.4. The van der Waals surface area contributed by atoms with Crippen LogP contribution in [0.25, 0.3) is 0 Å². The summed E-state index contributed by atoms with van der Waals surface area (Å²) in [5.41, 5.74) is 3.69. The molecule has 4 rings (SSSR count). The molecule has 2 heterocycles. The van der Waals surface area contributed by atoms with Gasteiger partial charge in [-0.05, 0) is 30.4 Å². The van der Waals surface area contributed by atoms with E-state index in [0.717, 1.165) is 63.2 Å². The number of aryl methyl sites for hydroxylation is 2. The molecule has 1 aromatic heterocycles. The van der Waals surface area contributed by atoms with E-state index in [1.165, 1.54) is 5.56 Å². The lowest BCUT2D eigenvalue weighted by Gasteiger charge is -2.34. The highest BCUT2D eigenvalue weighted by atomic mass is 16.1. The highest BCUT2D eigenvalue weighted by Gasteiger charge is 2.19. The Morgan fingerprint density at radius 3 is 2.50 bits per heavy atom. The molecule has 5 nitrogen and oxygen atoms in total. The van der Waals surface area contributed by atoms with Gasteiger partial charge in [0.25, 0.3) is 5.56 Å². The molecule has 1 aliphatic heterocycles. The lowest BCUT2D eigenvalue weighted by atomic mass is 10.2. The van der Waals surface area contributed by atoms with Crippen LogP contribution >= 0.6 is 0 Å². The van der Waals surface area contributed by atoms with Gasteiger partial charge < -0.3 is 0 Å². The Kier molecular flexibility index (Phi) is 4.45. The van der Waals surface area contributed by atoms with Crippen LogP contribution in [0.4, 0.5) is 0 Å². The maximum atomic E-state index is 12.2. The first-order valence-corrected chi connectivity index (χ1v) is 8.86. The van der Waals surface area contributed by atoms with Gasteiger partial charge in [0.05, 0.1) is 12.4 Å². The predicted octanol–water partition coefficient (Wildman–Crippen LogP) is 1.51. The molecule has 1 fully saturated rings. The van der Waals surface area contributed by atoms with Gasteiger partial charge in [0, 0.05) is 38.8 Å². The zero-order valence-corrected chi connectivity index (χ0v) is 14.0. The van der Waals surface area contributed by atoms with Crippen LogP contribution in [-0.4, -0.2) is 45.8 Å². The Balaban J connectivity index is 1.34. The van der Waals surface area contributed by atoms with Gasteiger partial charge in [0.1, 0.15) is 0 Å². The Morgan fingerprint density at radius 1 is 0.958 bits per heavy atom. The fourth-order valence-corrected chi connectivity index (χ4v) is 3.66. The number of rotatable bonds is 4. The van der Waals surface area contributed by atoms with E-state index < -0.39 is 0 Å². The van der Waals surface area contributed by atoms with E-state index in [1.54, 1.807) is 10.7 Å². The highest BCUT2D eigenvalue weighted by molar-refractivity contribution is 5.22. The molecule has 0 amide bonds. The summed E-state index contributed by atoms with van der Waals surface area (Å²) in [4.78, 5) is 17.0. The maximum absolute atomic E-state index is 12.2. The molecule has 0 N–H and O–H groups in total. The molecule has 126 valence electrons. The van der Waals surface area contributed by atoms with Crippen LogP contribution in [0, 0.1) is 0 Å². The van der Waals surface area contributed by atoms with E-state index in [-0.39, 0.29) is 5.56 Å². The minimum Gasteiger partial charge on any atom is -0.297 e. The smallest absolute Gasteiger partial charge is 0.268 e. The Morgan fingerprint density at radius 2 is 1.71 bits per heavy atom. The lowest BCUT2D eigenvalue weighted by Crippen LogP contribution is -2.47. The number of benzene rings is 1. The Labute approximate surface area is 142 Å². The molecule has 0 radical (unpaired) electrons. The van der Waals surface area contributed by atoms with E-state index in [9.17, 15) is 4.79 Å². The van der Waals surface area contributed by atoms with Crippen LogP contribution in [0.15, 0.2) is 41.2 Å². The summed E-state index contributed by atoms with van der Waals surface area (Å²) in [6.45, 7) is 5.66. The third-order valence-corrected chi connectivity index (χ3v) is 5.07. The van der Waals surface area contributed by atoms with Gasteiger partial charge in [0.2, 0.25) is 0 Å². The SMILES string of the molecule is O=c1cc2c(nn1CN1CCN(Cc3ccccc3)CC1)CCC2. The Bertz CT molecular complexity index is 748. The molecule has 5 heteroatoms. The first-order chi connectivity index (χ1) is 11.8. The average molecular weight is 324 g/mol. The molecule has 1 saturated heterocycles. The molecule has 0 bridgehead atoms. The van der Waals surface area contributed by atoms with Crippen molar-refractivity contribution in [1.82, 2.24) is 19.6 Å². The first kappa shape index (κ1) is 15.5. The van der Waals surface area contributed by atoms with Crippen LogP contribution in [0.5, 0.6) is 0 Å². The zero-order valence-electron chi connectivity index (χ0n) is 14.0. The summed E-state index contributed by atoms with van der Waals surface area (Å²) >= 11 is 0. The lowest BCUT2D eigenvalue weighted by molar-refractivity contribution is 0.0967. The van der Waals surface area contributed by atoms with Crippen LogP contribution in [-0.2, 0) is 26.1 Å². The fourth-order valence-electron chi connectivity index (χ4n) is 3.66. The molecule has 1 aromatic carbocycles. The van der Waals surface area contributed by atoms with Gasteiger partial charge in [-0.1, -0.05) is 30.3 Å². The number of aromatic nitrogens is 2. The molecule has 24 heavy (non-hydrogen) atoms. The minimum absolute atomic E-state index is 0.0439. The van der Waals surface area contributed by atoms with Crippen molar-refractivity contribution in [1.29, 1.82) is 0 Å². The molecule has 0 saturated carbocycles. The van der Waals surface area contributed by atoms with E-state index >= 15 is 0 Å². The maximum Gasteiger partial charge on any atom is 0.268 e. The van der Waals surface area contributed by atoms with Gasteiger partial charge in [-0.15, -0.1) is 0 Å². The second-order valence-electron chi connectivity index (χ2n) is 6.83. The van der Waals surface area contributed by atoms with Crippen molar-refractivity contribution in [3.05, 3.63) is 63.6 Å². The van der Waals surface area contributed by atoms with Crippen molar-refractivity contribution in [2.75, 3.05) is 26.2 Å². The van der Waals surface area contributed by atoms with Crippen LogP contribution < -0.4 is 5.56 Å². The average Bonchev–Trinajstić information content (AvgIpc) is 3.05. The number of nitrogens with zero attached hydrogens (tertiary/aromatic N) is 4. The summed E-state index contributed by atoms with van der Waals surface area (Å²) in [5, 5.41) is 4.58. The number of piperazine rings is 1. The summed E-state index contributed by atoms with van der Waals surface area (Å²) in [6.07, 6.45) is 3.15. The molecular formula is C19H24N4O. The monoisotopic (exact) mass is 324 g/mol. The number of fused-ring (bicyclic) bond motifs is 1. The van der Waals surface area contributed by atoms with Crippen LogP contribution in [0.1, 0.15) is 23.2 Å². The van der Waals surface area contributed by atoms with Crippen molar-refractivity contribution >= 4 is 0 Å². The Hall–Kier alpha value is -1.98. The minimum atomic E-state index is 0.0439. The standard InChI is InChI=1S/C19H24N4O/c24-19-13-17-7-4-8-18(17)20-23(19)15-22-11-9-21(10-12-22)14-16-5-2-1-3-6-16/h1-3,5-6,13H,4,7-12,14-15H2. The fraction of sp³-hybridized carbons (Fsp3) is 0.474. The largest absolute Gasteiger partial charge is 0.297 e. The van der Waals surface area contributed by atoms with Gasteiger partial charge in [0.15, 0.2) is 0 Å². The van der Waals surface area contributed by atoms with Gasteiger partial charge >= 0.3 is 0 Å². The highest BCUT2D eigenvalue weighted by Crippen LogP contribution is 2.17. The van der Waals surface area contributed by atoms with Crippen molar-refractivity contribution in [2.45, 2.75) is 32.5 Å². The van der Waals surface area contributed by atoms with E-state index in [4.69, 9.17) is 0 Å². The van der Waals surface area contributed by atoms with Crippen LogP contribution in [0.3, 0.4) is 0 Å². The van der Waals surface area contributed by atoms with Gasteiger partial charge in [-0.25, -0.2) is 4.68 Å². The quantitative estimate of drug-likeness (QED) is 0.855. The normalized spacial score (nSPS) is 18.7. The molecule has 0 atom stereocenters. The third kappa shape index (κ3) is 3.42. The molecule has 2 aromatic rings. The topological polar surface area (TPSA) is 41.4 Å². The summed E-state index contributed by atoms with van der Waals surface area (Å²) < 4.78 is 1.65. The number of hydrogen-bond donors (Lipinski definition) is 0. The molecule has 1 aliphatic carbocycles. The van der Waals surface area contributed by atoms with E-state index in [2.05, 4.69) is 45.2 Å². The molecule has 0 spiro atoms. The molecule has 0 unspecified atom stereocenters. The summed E-state index contributed by atoms with van der Waals surface area (Å²) in [5.74, 6) is 0. The van der Waals surface area contributed by atoms with E-state index in [0.29, 0.717) is 6.67 Å². The zero-order chi connectivity index (χ0) is 16.4. The second kappa shape index (κ2) is 6.87. The van der Waals surface area contributed by atoms with Crippen molar-refractivity contribution in [2.24, 2.45) is 0 Å². The predicted molar refractivity (Wildman–Crippen MR) is 93.8 cm³/mol. The number of hydrogen-bond acceptors (Lipinski definition) is 4. The molecule has 2 aliphatic rings. The third-order valence-electron chi connectivity index (χ3n) is 5.07. The molecular weight excluding hydrogens is 300 g/mol. The van der Waals surface area contributed by atoms with Crippen molar-refractivity contribution in [3.8, 4) is 0 Å². The van der Waals surface area contributed by atoms with Gasteiger partial charge in [-0.2, -0.15) is 5.10 Å². The van der Waals surface area contributed by atoms with Crippen LogP contribution in [0.2, 0.25) is 0 Å². The van der Waals surface area contributed by atoms with Crippen molar-refractivity contribution < 1.29 is 0 Å². The second-order valence-corrected chi connectivity index (χ2v) is 6.83.